The van der Waals surface area contributed by atoms with Crippen LogP contribution in [0.1, 0.15) is 51.9 Å². The highest BCUT2D eigenvalue weighted by Gasteiger charge is 1.92. The minimum Gasteiger partial charge on any atom is -0.291 e. The van der Waals surface area contributed by atoms with Gasteiger partial charge in [0.2, 0.25) is 0 Å². The van der Waals surface area contributed by atoms with Gasteiger partial charge >= 0.3 is 0 Å². The third kappa shape index (κ3) is 6.06. The molecule has 3 heteroatoms. The van der Waals surface area contributed by atoms with Crippen LogP contribution in [0.5, 0.6) is 0 Å². The molecule has 1 aromatic rings. The highest BCUT2D eigenvalue weighted by atomic mass is 35.5. The average Bonchev–Trinajstić information content (AvgIpc) is 2.35. The van der Waals surface area contributed by atoms with Gasteiger partial charge in [0.1, 0.15) is 0 Å². The zero-order valence-electron chi connectivity index (χ0n) is 11.1. The van der Waals surface area contributed by atoms with Crippen LogP contribution >= 0.6 is 11.6 Å². The molecule has 0 N–H and O–H groups in total. The van der Waals surface area contributed by atoms with E-state index in [0.29, 0.717) is 5.02 Å². The van der Waals surface area contributed by atoms with E-state index in [2.05, 4.69) is 13.0 Å². The summed E-state index contributed by atoms with van der Waals surface area (Å²) in [6.07, 6.45) is 14.4. The van der Waals surface area contributed by atoms with Gasteiger partial charge in [-0.2, -0.15) is 0 Å². The van der Waals surface area contributed by atoms with Crippen molar-refractivity contribution in [1.82, 2.24) is 4.57 Å². The first-order chi connectivity index (χ1) is 8.74. The molecule has 1 heterocycles. The second kappa shape index (κ2) is 8.98. The monoisotopic (exact) mass is 267 g/mol. The molecule has 0 aromatic carbocycles. The summed E-state index contributed by atoms with van der Waals surface area (Å²) in [6, 6.07) is 3.15. The second-order valence-corrected chi connectivity index (χ2v) is 4.97. The van der Waals surface area contributed by atoms with Gasteiger partial charge in [0, 0.05) is 23.5 Å². The van der Waals surface area contributed by atoms with E-state index in [1.165, 1.54) is 44.6 Å². The Morgan fingerprint density at radius 3 is 2.67 bits per heavy atom. The van der Waals surface area contributed by atoms with Crippen LogP contribution in [0.3, 0.4) is 0 Å². The molecular formula is C15H22ClNO. The molecule has 0 atom stereocenters. The minimum atomic E-state index is -0.0818. The third-order valence-electron chi connectivity index (χ3n) is 2.90. The molecule has 1 rings (SSSR count). The van der Waals surface area contributed by atoms with E-state index in [9.17, 15) is 4.79 Å². The lowest BCUT2D eigenvalue weighted by Gasteiger charge is -1.99. The summed E-state index contributed by atoms with van der Waals surface area (Å²) in [5.74, 6) is 0. The Morgan fingerprint density at radius 1 is 1.22 bits per heavy atom. The maximum Gasteiger partial charge on any atom is 0.256 e. The predicted molar refractivity (Wildman–Crippen MR) is 79.0 cm³/mol. The molecule has 1 aromatic heterocycles. The minimum absolute atomic E-state index is 0.0818. The molecule has 0 radical (unpaired) electrons. The van der Waals surface area contributed by atoms with Gasteiger partial charge in [-0.3, -0.25) is 9.36 Å². The zero-order chi connectivity index (χ0) is 13.2. The maximum absolute atomic E-state index is 11.5. The first-order valence-corrected chi connectivity index (χ1v) is 7.16. The molecule has 2 nitrogen and oxygen atoms in total. The van der Waals surface area contributed by atoms with Crippen molar-refractivity contribution in [3.8, 4) is 0 Å². The number of aromatic nitrogens is 1. The number of allylic oxidation sites excluding steroid dienone is 1. The fraction of sp³-hybridized carbons (Fsp3) is 0.533. The van der Waals surface area contributed by atoms with Crippen LogP contribution in [0.4, 0.5) is 0 Å². The molecule has 0 bridgehead atoms. The van der Waals surface area contributed by atoms with Crippen molar-refractivity contribution < 1.29 is 0 Å². The lowest BCUT2D eigenvalue weighted by atomic mass is 10.1. The average molecular weight is 268 g/mol. The largest absolute Gasteiger partial charge is 0.291 e. The van der Waals surface area contributed by atoms with E-state index in [1.54, 1.807) is 16.8 Å². The van der Waals surface area contributed by atoms with Crippen LogP contribution < -0.4 is 5.56 Å². The van der Waals surface area contributed by atoms with Crippen molar-refractivity contribution in [3.63, 3.8) is 0 Å². The van der Waals surface area contributed by atoms with Gasteiger partial charge in [-0.1, -0.05) is 56.7 Å². The van der Waals surface area contributed by atoms with E-state index >= 15 is 0 Å². The Hall–Kier alpha value is -1.02. The van der Waals surface area contributed by atoms with E-state index < -0.39 is 0 Å². The van der Waals surface area contributed by atoms with Gasteiger partial charge in [0.15, 0.2) is 0 Å². The van der Waals surface area contributed by atoms with Crippen LogP contribution in [-0.2, 0) is 0 Å². The molecule has 0 saturated heterocycles. The molecule has 0 saturated carbocycles. The topological polar surface area (TPSA) is 22.0 Å². The van der Waals surface area contributed by atoms with Crippen molar-refractivity contribution in [2.75, 3.05) is 0 Å². The normalized spacial score (nSPS) is 11.2. The molecule has 0 fully saturated rings. The molecule has 0 unspecified atom stereocenters. The van der Waals surface area contributed by atoms with Crippen molar-refractivity contribution in [2.24, 2.45) is 0 Å². The van der Waals surface area contributed by atoms with E-state index in [1.807, 2.05) is 6.20 Å². The van der Waals surface area contributed by atoms with Gasteiger partial charge in [-0.15, -0.1) is 0 Å². The van der Waals surface area contributed by atoms with E-state index in [4.69, 9.17) is 11.6 Å². The van der Waals surface area contributed by atoms with Crippen LogP contribution in [0.15, 0.2) is 29.2 Å². The van der Waals surface area contributed by atoms with E-state index in [0.717, 1.165) is 6.42 Å². The molecule has 0 aliphatic carbocycles. The first-order valence-electron chi connectivity index (χ1n) is 6.78. The fourth-order valence-electron chi connectivity index (χ4n) is 1.82. The molecule has 100 valence electrons. The first kappa shape index (κ1) is 15.0. The Labute approximate surface area is 114 Å². The molecule has 0 spiro atoms. The van der Waals surface area contributed by atoms with Crippen LogP contribution in [0.25, 0.3) is 6.20 Å². The van der Waals surface area contributed by atoms with Gasteiger partial charge in [0.05, 0.1) is 0 Å². The van der Waals surface area contributed by atoms with Gasteiger partial charge in [-0.25, -0.2) is 0 Å². The molecule has 0 aliphatic rings. The molecular weight excluding hydrogens is 246 g/mol. The number of hydrogen-bond acceptors (Lipinski definition) is 1. The number of halogens is 1. The van der Waals surface area contributed by atoms with Crippen molar-refractivity contribution >= 4 is 17.8 Å². The number of nitrogens with zero attached hydrogens (tertiary/aromatic N) is 1. The Morgan fingerprint density at radius 2 is 1.94 bits per heavy atom. The van der Waals surface area contributed by atoms with Crippen LogP contribution in [0, 0.1) is 0 Å². The molecule has 0 aliphatic heterocycles. The SMILES string of the molecule is CCCCCCCC/C=C/n1ccc(Cl)cc1=O. The summed E-state index contributed by atoms with van der Waals surface area (Å²) in [4.78, 5) is 11.5. The Balaban J connectivity index is 2.22. The highest BCUT2D eigenvalue weighted by Crippen LogP contribution is 2.07. The van der Waals surface area contributed by atoms with Gasteiger partial charge in [0.25, 0.3) is 5.56 Å². The number of hydrogen-bond donors (Lipinski definition) is 0. The molecule has 18 heavy (non-hydrogen) atoms. The quantitative estimate of drug-likeness (QED) is 0.625. The summed E-state index contributed by atoms with van der Waals surface area (Å²) >= 11 is 5.72. The van der Waals surface area contributed by atoms with Crippen LogP contribution in [-0.4, -0.2) is 4.57 Å². The fourth-order valence-corrected chi connectivity index (χ4v) is 1.97. The summed E-state index contributed by atoms with van der Waals surface area (Å²) in [7, 11) is 0. The summed E-state index contributed by atoms with van der Waals surface area (Å²) in [6.45, 7) is 2.23. The smallest absolute Gasteiger partial charge is 0.256 e. The molecule has 0 amide bonds. The summed E-state index contributed by atoms with van der Waals surface area (Å²) in [5.41, 5.74) is -0.0818. The van der Waals surface area contributed by atoms with E-state index in [-0.39, 0.29) is 5.56 Å². The third-order valence-corrected chi connectivity index (χ3v) is 3.14. The highest BCUT2D eigenvalue weighted by molar-refractivity contribution is 6.30. The van der Waals surface area contributed by atoms with Crippen LogP contribution in [0.2, 0.25) is 5.02 Å². The lowest BCUT2D eigenvalue weighted by molar-refractivity contribution is 0.611. The lowest BCUT2D eigenvalue weighted by Crippen LogP contribution is -2.12. The predicted octanol–water partition coefficient (Wildman–Crippen LogP) is 4.72. The number of unbranched alkanes of at least 4 members (excludes halogenated alkanes) is 6. The summed E-state index contributed by atoms with van der Waals surface area (Å²) in [5, 5.41) is 0.487. The maximum atomic E-state index is 11.5. The Bertz CT molecular complexity index is 423. The number of pyridine rings is 1. The van der Waals surface area contributed by atoms with Crippen molar-refractivity contribution in [2.45, 2.75) is 51.9 Å². The van der Waals surface area contributed by atoms with Crippen molar-refractivity contribution in [1.29, 1.82) is 0 Å². The number of rotatable bonds is 8. The summed E-state index contributed by atoms with van der Waals surface area (Å²) < 4.78 is 1.56. The Kier molecular flexibility index (Phi) is 7.51. The van der Waals surface area contributed by atoms with Gasteiger partial charge < -0.3 is 0 Å². The van der Waals surface area contributed by atoms with Crippen molar-refractivity contribution in [3.05, 3.63) is 39.8 Å². The standard InChI is InChI=1S/C15H22ClNO/c1-2-3-4-5-6-7-8-9-11-17-12-10-14(16)13-15(17)18/h9-13H,2-8H2,1H3/b11-9+. The van der Waals surface area contributed by atoms with Gasteiger partial charge in [-0.05, 0) is 18.9 Å². The zero-order valence-corrected chi connectivity index (χ0v) is 11.8. The second-order valence-electron chi connectivity index (χ2n) is 4.53.